The van der Waals surface area contributed by atoms with E-state index in [1.807, 2.05) is 11.5 Å². The summed E-state index contributed by atoms with van der Waals surface area (Å²) in [6.07, 6.45) is 1.60. The maximum absolute atomic E-state index is 10.8. The predicted molar refractivity (Wildman–Crippen MR) is 65.5 cm³/mol. The molecule has 2 rings (SSSR count). The van der Waals surface area contributed by atoms with Crippen molar-refractivity contribution in [1.29, 1.82) is 0 Å². The van der Waals surface area contributed by atoms with E-state index in [1.54, 1.807) is 12.4 Å². The zero-order valence-corrected chi connectivity index (χ0v) is 10.6. The molecule has 2 aromatic rings. The van der Waals surface area contributed by atoms with Crippen molar-refractivity contribution >= 4 is 21.6 Å². The normalized spacial score (nSPS) is 10.5. The van der Waals surface area contributed by atoms with Crippen LogP contribution in [-0.4, -0.2) is 19.7 Å². The molecule has 0 saturated carbocycles. The summed E-state index contributed by atoms with van der Waals surface area (Å²) in [5.41, 5.74) is 0.699. The molecule has 6 nitrogen and oxygen atoms in total. The number of nitro benzene ring substituents is 1. The van der Waals surface area contributed by atoms with E-state index in [1.165, 1.54) is 12.1 Å². The average Bonchev–Trinajstić information content (AvgIpc) is 2.76. The molecule has 0 N–H and O–H groups in total. The number of nitro groups is 1. The van der Waals surface area contributed by atoms with Crippen LogP contribution in [0.5, 0.6) is 0 Å². The minimum atomic E-state index is -0.430. The van der Waals surface area contributed by atoms with E-state index in [-0.39, 0.29) is 5.69 Å². The topological polar surface area (TPSA) is 73.8 Å². The third-order valence-corrected chi connectivity index (χ3v) is 2.77. The van der Waals surface area contributed by atoms with E-state index >= 15 is 0 Å². The highest BCUT2D eigenvalue weighted by Crippen LogP contribution is 2.27. The van der Waals surface area contributed by atoms with Gasteiger partial charge in [0, 0.05) is 28.7 Å². The maximum Gasteiger partial charge on any atom is 0.271 e. The fourth-order valence-corrected chi connectivity index (χ4v) is 2.00. The number of hydrogen-bond acceptors (Lipinski definition) is 4. The van der Waals surface area contributed by atoms with Crippen molar-refractivity contribution in [3.05, 3.63) is 39.1 Å². The summed E-state index contributed by atoms with van der Waals surface area (Å²) in [6.45, 7) is 2.67. The minimum Gasteiger partial charge on any atom is -0.314 e. The number of nitrogens with zero attached hydrogens (tertiary/aromatic N) is 4. The molecular formula is C10H9BrN4O2. The molecule has 1 aromatic heterocycles. The van der Waals surface area contributed by atoms with Gasteiger partial charge in [-0.2, -0.15) is 0 Å². The highest BCUT2D eigenvalue weighted by Gasteiger charge is 2.13. The summed E-state index contributed by atoms with van der Waals surface area (Å²) in [7, 11) is 0. The molecule has 17 heavy (non-hydrogen) atoms. The van der Waals surface area contributed by atoms with Crippen molar-refractivity contribution in [1.82, 2.24) is 14.8 Å². The van der Waals surface area contributed by atoms with Crippen LogP contribution in [0.3, 0.4) is 0 Å². The average molecular weight is 297 g/mol. The van der Waals surface area contributed by atoms with Gasteiger partial charge in [0.25, 0.3) is 5.69 Å². The van der Waals surface area contributed by atoms with E-state index in [0.29, 0.717) is 22.4 Å². The Labute approximate surface area is 106 Å². The first-order chi connectivity index (χ1) is 8.11. The number of halogens is 1. The number of aryl methyl sites for hydroxylation is 1. The molecular weight excluding hydrogens is 288 g/mol. The van der Waals surface area contributed by atoms with E-state index in [0.717, 1.165) is 0 Å². The smallest absolute Gasteiger partial charge is 0.271 e. The molecule has 0 radical (unpaired) electrons. The lowest BCUT2D eigenvalue weighted by molar-refractivity contribution is -0.384. The number of rotatable bonds is 3. The number of aromatic nitrogens is 3. The van der Waals surface area contributed by atoms with Crippen molar-refractivity contribution < 1.29 is 4.92 Å². The quantitative estimate of drug-likeness (QED) is 0.644. The number of hydrogen-bond donors (Lipinski definition) is 0. The van der Waals surface area contributed by atoms with Crippen LogP contribution in [-0.2, 0) is 6.54 Å². The molecule has 1 aromatic carbocycles. The molecule has 7 heteroatoms. The highest BCUT2D eigenvalue weighted by molar-refractivity contribution is 9.10. The predicted octanol–water partition coefficient (Wildman–Crippen LogP) is 2.64. The third-order valence-electron chi connectivity index (χ3n) is 2.31. The van der Waals surface area contributed by atoms with Crippen molar-refractivity contribution in [2.75, 3.05) is 0 Å². The molecule has 0 bridgehead atoms. The Morgan fingerprint density at radius 1 is 1.47 bits per heavy atom. The van der Waals surface area contributed by atoms with Gasteiger partial charge in [-0.05, 0) is 13.0 Å². The Kier molecular flexibility index (Phi) is 3.19. The molecule has 0 fully saturated rings. The molecule has 0 unspecified atom stereocenters. The van der Waals surface area contributed by atoms with Crippen LogP contribution in [0, 0.1) is 10.1 Å². The fourth-order valence-electron chi connectivity index (χ4n) is 1.52. The second-order valence-electron chi connectivity index (χ2n) is 3.40. The van der Waals surface area contributed by atoms with Gasteiger partial charge in [0.05, 0.1) is 4.92 Å². The van der Waals surface area contributed by atoms with Crippen LogP contribution in [0.4, 0.5) is 5.69 Å². The Morgan fingerprint density at radius 3 is 2.88 bits per heavy atom. The Balaban J connectivity index is 2.56. The largest absolute Gasteiger partial charge is 0.314 e. The van der Waals surface area contributed by atoms with Gasteiger partial charge in [-0.3, -0.25) is 10.1 Å². The van der Waals surface area contributed by atoms with E-state index in [9.17, 15) is 10.1 Å². The van der Waals surface area contributed by atoms with Crippen molar-refractivity contribution in [3.8, 4) is 11.4 Å². The van der Waals surface area contributed by atoms with Crippen LogP contribution in [0.15, 0.2) is 29.0 Å². The lowest BCUT2D eigenvalue weighted by Gasteiger charge is -2.03. The van der Waals surface area contributed by atoms with Crippen molar-refractivity contribution in [3.63, 3.8) is 0 Å². The minimum absolute atomic E-state index is 0.0278. The fraction of sp³-hybridized carbons (Fsp3) is 0.200. The summed E-state index contributed by atoms with van der Waals surface area (Å²) < 4.78 is 2.47. The molecule has 0 aliphatic carbocycles. The first kappa shape index (κ1) is 11.7. The molecule has 0 spiro atoms. The molecule has 0 saturated heterocycles. The third kappa shape index (κ3) is 2.33. The van der Waals surface area contributed by atoms with Gasteiger partial charge in [0.2, 0.25) is 0 Å². The van der Waals surface area contributed by atoms with Gasteiger partial charge in [-0.15, -0.1) is 10.2 Å². The van der Waals surface area contributed by atoms with Crippen LogP contribution in [0.2, 0.25) is 0 Å². The zero-order valence-electron chi connectivity index (χ0n) is 9.00. The zero-order chi connectivity index (χ0) is 12.4. The monoisotopic (exact) mass is 296 g/mol. The maximum atomic E-state index is 10.8. The highest BCUT2D eigenvalue weighted by atomic mass is 79.9. The molecule has 0 aliphatic heterocycles. The first-order valence-electron chi connectivity index (χ1n) is 4.95. The Morgan fingerprint density at radius 2 is 2.24 bits per heavy atom. The molecule has 1 heterocycles. The second-order valence-corrected chi connectivity index (χ2v) is 4.31. The lowest BCUT2D eigenvalue weighted by atomic mass is 10.2. The second kappa shape index (κ2) is 4.62. The Hall–Kier alpha value is -1.76. The number of non-ortho nitro benzene ring substituents is 1. The summed E-state index contributed by atoms with van der Waals surface area (Å²) in [6, 6.07) is 4.72. The SMILES string of the molecule is CCn1cnnc1-c1cc(Br)cc([N+](=O)[O-])c1. The molecule has 0 atom stereocenters. The molecule has 0 aliphatic rings. The summed E-state index contributed by atoms with van der Waals surface area (Å²) in [5.74, 6) is 0.622. The first-order valence-corrected chi connectivity index (χ1v) is 5.74. The van der Waals surface area contributed by atoms with Crippen LogP contribution in [0.1, 0.15) is 6.92 Å². The van der Waals surface area contributed by atoms with E-state index in [2.05, 4.69) is 26.1 Å². The van der Waals surface area contributed by atoms with Crippen molar-refractivity contribution in [2.24, 2.45) is 0 Å². The van der Waals surface area contributed by atoms with Crippen molar-refractivity contribution in [2.45, 2.75) is 13.5 Å². The van der Waals surface area contributed by atoms with E-state index in [4.69, 9.17) is 0 Å². The molecule has 88 valence electrons. The lowest BCUT2D eigenvalue weighted by Crippen LogP contribution is -1.97. The van der Waals surface area contributed by atoms with Gasteiger partial charge in [-0.1, -0.05) is 15.9 Å². The summed E-state index contributed by atoms with van der Waals surface area (Å²) in [5, 5.41) is 18.5. The van der Waals surface area contributed by atoms with Gasteiger partial charge >= 0.3 is 0 Å². The van der Waals surface area contributed by atoms with Crippen LogP contribution >= 0.6 is 15.9 Å². The van der Waals surface area contributed by atoms with E-state index < -0.39 is 4.92 Å². The van der Waals surface area contributed by atoms with Crippen LogP contribution in [0.25, 0.3) is 11.4 Å². The summed E-state index contributed by atoms with van der Waals surface area (Å²) >= 11 is 3.25. The number of benzene rings is 1. The van der Waals surface area contributed by atoms with Gasteiger partial charge in [0.15, 0.2) is 5.82 Å². The van der Waals surface area contributed by atoms with Gasteiger partial charge in [0.1, 0.15) is 6.33 Å². The van der Waals surface area contributed by atoms with Crippen LogP contribution < -0.4 is 0 Å². The summed E-state index contributed by atoms with van der Waals surface area (Å²) in [4.78, 5) is 10.3. The molecule has 0 amide bonds. The Bertz CT molecular complexity index is 567. The van der Waals surface area contributed by atoms with Gasteiger partial charge < -0.3 is 4.57 Å². The van der Waals surface area contributed by atoms with Gasteiger partial charge in [-0.25, -0.2) is 0 Å². The standard InChI is InChI=1S/C10H9BrN4O2/c1-2-14-6-12-13-10(14)7-3-8(11)5-9(4-7)15(16)17/h3-6H,2H2,1H3.